The molecule has 580 valence electrons. The number of nitrogens with two attached hydrogens (primary N) is 5. The summed E-state index contributed by atoms with van der Waals surface area (Å²) in [6.45, 7) is -15.3. The van der Waals surface area contributed by atoms with Gasteiger partial charge in [-0.3, -0.25) is 47.6 Å². The second kappa shape index (κ2) is 30.0. The fraction of sp³-hybridized carbons (Fsp3) is 0.403. The number of aliphatic hydroxyl groups is 10. The Morgan fingerprint density at radius 2 is 0.855 bits per heavy atom. The average Bonchev–Trinajstić information content (AvgIpc) is 1.62. The van der Waals surface area contributed by atoms with Crippen LogP contribution in [-0.4, -0.2) is 261 Å². The fourth-order valence-electron chi connectivity index (χ4n) is 11.8. The van der Waals surface area contributed by atoms with Crippen molar-refractivity contribution in [2.45, 2.75) is 121 Å². The van der Waals surface area contributed by atoms with E-state index in [2.05, 4.69) is 64.8 Å². The van der Waals surface area contributed by atoms with Crippen LogP contribution < -0.4 is 45.3 Å². The summed E-state index contributed by atoms with van der Waals surface area (Å²) in [5.74, 6) is 6.48. The highest BCUT2D eigenvalue weighted by Gasteiger charge is 2.62. The molecule has 5 fully saturated rings. The second-order valence-electron chi connectivity index (χ2n) is 23.6. The highest BCUT2D eigenvalue weighted by atomic mass is 32.1. The number of ether oxygens (including phenoxy) is 5. The minimum atomic E-state index is -3.15. The lowest BCUT2D eigenvalue weighted by molar-refractivity contribution is -0.0504. The number of rotatable bonds is 10. The number of anilines is 5. The van der Waals surface area contributed by atoms with E-state index < -0.39 is 193 Å². The summed E-state index contributed by atoms with van der Waals surface area (Å²) in [4.78, 5) is 79.1. The number of imidazole rings is 3. The van der Waals surface area contributed by atoms with Gasteiger partial charge in [0.1, 0.15) is 83.1 Å². The molecule has 0 radical (unpaired) electrons. The van der Waals surface area contributed by atoms with E-state index in [0.29, 0.717) is 10.8 Å². The van der Waals surface area contributed by atoms with Crippen LogP contribution in [0.4, 0.5) is 56.1 Å². The number of nitrogen functional groups attached to an aromatic ring is 5. The number of halogens is 6. The van der Waals surface area contributed by atoms with Gasteiger partial charge in [-0.15, -0.1) is 32.1 Å². The molecule has 48 heteroatoms. The molecule has 24 N–H and O–H groups in total. The summed E-state index contributed by atoms with van der Waals surface area (Å²) < 4.78 is 193. The van der Waals surface area contributed by atoms with E-state index in [1.54, 1.807) is 29.6 Å². The van der Waals surface area contributed by atoms with Crippen LogP contribution >= 0.6 is 12.2 Å². The molecule has 5 unspecified atom stereocenters. The van der Waals surface area contributed by atoms with Crippen LogP contribution in [0.5, 0.6) is 0 Å². The van der Waals surface area contributed by atoms with Crippen molar-refractivity contribution in [1.29, 1.82) is 0 Å². The monoisotopic (exact) mass is 1570 g/mol. The lowest BCUT2D eigenvalue weighted by atomic mass is 9.97. The van der Waals surface area contributed by atoms with E-state index in [1.807, 2.05) is 0 Å². The van der Waals surface area contributed by atoms with Gasteiger partial charge in [0.05, 0.1) is 77.1 Å². The number of nitrogens with one attached hydrogen (secondary N) is 4. The number of aliphatic hydroxyl groups excluding tert-OH is 5. The first-order chi connectivity index (χ1) is 55.5. The Labute approximate surface area is 627 Å². The number of aromatic nitrogens is 18. The van der Waals surface area contributed by atoms with Crippen LogP contribution in [0.25, 0.3) is 55.6 Å². The van der Waals surface area contributed by atoms with Crippen LogP contribution in [0.2, 0.25) is 0 Å². The van der Waals surface area contributed by atoms with Gasteiger partial charge in [0, 0.05) is 12.4 Å². The zero-order valence-electron chi connectivity index (χ0n) is 64.7. The molecule has 0 aliphatic carbocycles. The van der Waals surface area contributed by atoms with Crippen LogP contribution in [0.3, 0.4) is 0 Å². The largest absolute Gasteiger partial charge is 0.394 e. The van der Waals surface area contributed by atoms with Gasteiger partial charge in [-0.25, -0.2) is 51.3 Å². The smallest absolute Gasteiger partial charge is 0.280 e. The Bertz CT molecular complexity index is 5820. The maximum atomic E-state index is 15.1. The third kappa shape index (κ3) is 13.1. The number of fused-ring (bicyclic) bond motifs is 5. The Hall–Kier alpha value is -11.7. The summed E-state index contributed by atoms with van der Waals surface area (Å²) in [6, 6.07) is 1.31. The van der Waals surface area contributed by atoms with Gasteiger partial charge in [0.25, 0.3) is 16.7 Å². The summed E-state index contributed by atoms with van der Waals surface area (Å²) in [6.07, 6.45) is 2.83. The molecule has 20 atom stereocenters. The predicted molar refractivity (Wildman–Crippen MR) is 367 cm³/mol. The van der Waals surface area contributed by atoms with E-state index in [0.717, 1.165) is 37.3 Å². The zero-order chi connectivity index (χ0) is 89.3. The van der Waals surface area contributed by atoms with Crippen LogP contribution in [0.15, 0.2) is 58.0 Å². The molecule has 5 aliphatic heterocycles. The SMILES string of the molecule is [2H]C([2H])(O)[C@H]1O[C@@H](n2cc(F)c3c(=O)[nH]c(N)nc32)C(F)(C#C)[C@H]1O.[2H]C([2H])(O)[C@H]1O[C@@H](n2ccc3c(=O)[nH]c(N)nc32)C(F)(C#C)[C@H]1O.[2H]C([2H])(O)[C@H]1O[C@@H](n2cnc3c(=O)[nH]c(N)nc32)C(F)(C#C)[C@H]1O.[2H]C([2H])(O)[C@H]1O[C@@H](n2cnc3c(=S)nc(N)[nH]c32)C(F)(C#C)[C@H]1O.[2H]C([2H])(O)[C@H]1O[C@@H](n2cnc3cnc(N)nc32)C(F)(C#C)[C@H]1O. The standard InChI is InChI=1S/C13H12F2N4O4.C13H13FN4O4.C12H12FN5O4.C12H12FN5O3S.C12H12FN5O3/c1-2-13(15)8(21)6(4-20)23-11(13)19-3-5(14)7-9(19)17-12(16)18-10(7)22;1-2-13(14)8(20)7(5-19)22-11(13)18-4-3-6-9(18)16-12(15)17-10(6)21;1-2-12(13)7(20)5(3-19)22-10(12)18-4-15-6-8(18)16-11(14)17-9(6)21;1-2-12(13)7(20)5(3-19)21-10(12)18-4-15-6-8(18)16-11(14)17-9(6)22;1-2-12(13)8(20)7(4-19)21-10(12)18-5-16-6-3-15-11(14)17-9(6)18/h1,3,6,8,11,20-21H,4H2,(H3,16,17,18,22);1,3-4,7-8,11,19-20H,5H2,(H3,15,16,17,21);1,4-5,7,10,19-20H,3H2,(H3,14,16,17,21);1,4-5,7,10,19-20H,3H2,(H3,14,16,17,22);1,3,5,7-8,10,19-20H,4H2,(H2,14,15,17)/t6-,8+,11-,13?;7-,8+,11-,13?;2*5-,7+,10-,12?;7-,8+,10-,12?/m11111/s1/i4D2;5D2;2*3D2;4D2. The Balaban J connectivity index is 0.000000147. The first-order valence-corrected chi connectivity index (χ1v) is 30.8. The molecule has 15 rings (SSSR count). The number of hydrogen-bond donors (Lipinski definition) is 19. The molecule has 0 bridgehead atoms. The third-order valence-electron chi connectivity index (χ3n) is 17.3. The molecule has 0 amide bonds. The first kappa shape index (κ1) is 66.5. The molecule has 0 saturated carbocycles. The molecule has 10 aromatic heterocycles. The molecular weight excluding hydrogens is 1500 g/mol. The maximum absolute atomic E-state index is 15.1. The number of hydrogen-bond acceptors (Lipinski definition) is 33. The summed E-state index contributed by atoms with van der Waals surface area (Å²) in [5, 5.41) is 96.8. The van der Waals surface area contributed by atoms with Gasteiger partial charge < -0.3 is 113 Å². The van der Waals surface area contributed by atoms with Gasteiger partial charge in [-0.1, -0.05) is 41.8 Å². The van der Waals surface area contributed by atoms with Crippen molar-refractivity contribution in [1.82, 2.24) is 87.6 Å². The number of alkyl halides is 5. The Morgan fingerprint density at radius 3 is 1.32 bits per heavy atom. The molecule has 5 saturated heterocycles. The zero-order valence-corrected chi connectivity index (χ0v) is 55.5. The van der Waals surface area contributed by atoms with Gasteiger partial charge in [-0.05, 0) is 6.07 Å². The quantitative estimate of drug-likeness (QED) is 0.0346. The van der Waals surface area contributed by atoms with Gasteiger partial charge in [-0.2, -0.15) is 19.9 Å². The molecule has 15 heterocycles. The van der Waals surface area contributed by atoms with Crippen molar-refractivity contribution in [2.75, 3.05) is 61.5 Å². The van der Waals surface area contributed by atoms with Gasteiger partial charge in [0.2, 0.25) is 52.1 Å². The van der Waals surface area contributed by atoms with Crippen molar-refractivity contribution in [3.63, 3.8) is 0 Å². The van der Waals surface area contributed by atoms with Gasteiger partial charge >= 0.3 is 0 Å². The lowest BCUT2D eigenvalue weighted by Crippen LogP contribution is -2.42. The number of nitrogens with zero attached hydrogens (tertiary/aromatic N) is 14. The molecule has 5 aliphatic rings. The maximum Gasteiger partial charge on any atom is 0.280 e. The minimum absolute atomic E-state index is 0.0535. The molecule has 10 aromatic rings. The van der Waals surface area contributed by atoms with Crippen molar-refractivity contribution >= 4 is 97.5 Å². The van der Waals surface area contributed by atoms with Crippen LogP contribution in [0, 0.1) is 72.2 Å². The summed E-state index contributed by atoms with van der Waals surface area (Å²) >= 11 is 5.01. The van der Waals surface area contributed by atoms with Crippen LogP contribution in [-0.2, 0) is 23.7 Å². The normalized spacial score (nSPS) is 33.5. The summed E-state index contributed by atoms with van der Waals surface area (Å²) in [5.41, 5.74) is 10.5. The van der Waals surface area contributed by atoms with E-state index in [1.165, 1.54) is 18.5 Å². The molecule has 110 heavy (non-hydrogen) atoms. The lowest BCUT2D eigenvalue weighted by Gasteiger charge is -2.24. The Kier molecular flexibility index (Phi) is 18.2. The molecule has 41 nitrogen and oxygen atoms in total. The van der Waals surface area contributed by atoms with Crippen molar-refractivity contribution in [3.05, 3.63) is 85.2 Å². The van der Waals surface area contributed by atoms with Gasteiger partial charge in [0.15, 0.2) is 75.7 Å². The number of aromatic amines is 4. The number of H-pyrrole nitrogens is 4. The van der Waals surface area contributed by atoms with Crippen molar-refractivity contribution in [2.24, 2.45) is 0 Å². The second-order valence-corrected chi connectivity index (χ2v) is 23.9. The molecular formula is C62H61F6N23O18S. The van der Waals surface area contributed by atoms with E-state index in [-0.39, 0.29) is 73.0 Å². The highest BCUT2D eigenvalue weighted by Crippen LogP contribution is 2.47. The summed E-state index contributed by atoms with van der Waals surface area (Å²) in [7, 11) is 0. The average molecular weight is 1570 g/mol. The topological polar surface area (TPSA) is 634 Å². The first-order valence-electron chi connectivity index (χ1n) is 35.4. The van der Waals surface area contributed by atoms with E-state index >= 15 is 22.0 Å². The third-order valence-corrected chi connectivity index (χ3v) is 17.6. The Morgan fingerprint density at radius 1 is 0.482 bits per heavy atom. The van der Waals surface area contributed by atoms with E-state index in [9.17, 15) is 69.8 Å². The predicted octanol–water partition coefficient (Wildman–Crippen LogP) is -5.11. The molecule has 0 spiro atoms. The highest BCUT2D eigenvalue weighted by molar-refractivity contribution is 7.71. The van der Waals surface area contributed by atoms with Crippen molar-refractivity contribution in [3.8, 4) is 61.7 Å². The fourth-order valence-corrected chi connectivity index (χ4v) is 12.1. The van der Waals surface area contributed by atoms with E-state index in [4.69, 9.17) is 110 Å². The minimum Gasteiger partial charge on any atom is -0.394 e. The van der Waals surface area contributed by atoms with Crippen LogP contribution in [0.1, 0.15) is 44.8 Å². The number of terminal acetylenes is 5. The van der Waals surface area contributed by atoms with Crippen molar-refractivity contribution < 1.29 is 115 Å². The molecule has 0 aromatic carbocycles.